The van der Waals surface area contributed by atoms with Crippen molar-refractivity contribution >= 4 is 0 Å². The highest BCUT2D eigenvalue weighted by Gasteiger charge is 2.23. The first kappa shape index (κ1) is 17.9. The molecule has 0 bridgehead atoms. The normalized spacial score (nSPS) is 21.8. The lowest BCUT2D eigenvalue weighted by Gasteiger charge is -2.34. The number of nitrogens with zero attached hydrogens (tertiary/aromatic N) is 1. The zero-order valence-corrected chi connectivity index (χ0v) is 15.7. The maximum atomic E-state index is 6.33. The molecule has 1 aromatic carbocycles. The fourth-order valence-electron chi connectivity index (χ4n) is 4.19. The van der Waals surface area contributed by atoms with Crippen molar-refractivity contribution in [3.8, 4) is 17.2 Å². The molecule has 5 heteroatoms. The van der Waals surface area contributed by atoms with Crippen molar-refractivity contribution < 1.29 is 18.9 Å². The second kappa shape index (κ2) is 8.96. The van der Waals surface area contributed by atoms with E-state index in [1.54, 1.807) is 0 Å². The van der Waals surface area contributed by atoms with Gasteiger partial charge in [0.05, 0.1) is 18.8 Å². The largest absolute Gasteiger partial charge is 0.493 e. The van der Waals surface area contributed by atoms with Crippen LogP contribution in [0.5, 0.6) is 17.2 Å². The SMILES string of the molecule is c1cc2c(cc1OCCCN1CCC(OC3CCCCC3)CC1)OCO2. The summed E-state index contributed by atoms with van der Waals surface area (Å²) in [6.45, 7) is 4.45. The van der Waals surface area contributed by atoms with Gasteiger partial charge in [-0.1, -0.05) is 19.3 Å². The third-order valence-corrected chi connectivity index (χ3v) is 5.70. The fraction of sp³-hybridized carbons (Fsp3) is 0.714. The smallest absolute Gasteiger partial charge is 0.231 e. The fourth-order valence-corrected chi connectivity index (χ4v) is 4.19. The Balaban J connectivity index is 1.10. The second-order valence-corrected chi connectivity index (χ2v) is 7.65. The van der Waals surface area contributed by atoms with E-state index in [0.29, 0.717) is 19.0 Å². The average molecular weight is 361 g/mol. The van der Waals surface area contributed by atoms with E-state index < -0.39 is 0 Å². The summed E-state index contributed by atoms with van der Waals surface area (Å²) >= 11 is 0. The summed E-state index contributed by atoms with van der Waals surface area (Å²) in [5, 5.41) is 0. The Morgan fingerprint density at radius 1 is 0.923 bits per heavy atom. The molecule has 0 amide bonds. The second-order valence-electron chi connectivity index (χ2n) is 7.65. The van der Waals surface area contributed by atoms with Gasteiger partial charge in [-0.3, -0.25) is 0 Å². The molecule has 4 rings (SSSR count). The van der Waals surface area contributed by atoms with Crippen molar-refractivity contribution in [2.45, 2.75) is 63.6 Å². The van der Waals surface area contributed by atoms with Crippen LogP contribution in [0.4, 0.5) is 0 Å². The van der Waals surface area contributed by atoms with Crippen LogP contribution >= 0.6 is 0 Å². The van der Waals surface area contributed by atoms with Gasteiger partial charge in [0.25, 0.3) is 0 Å². The summed E-state index contributed by atoms with van der Waals surface area (Å²) in [5.41, 5.74) is 0. The summed E-state index contributed by atoms with van der Waals surface area (Å²) in [4.78, 5) is 2.55. The molecule has 0 atom stereocenters. The van der Waals surface area contributed by atoms with Crippen LogP contribution in [0.25, 0.3) is 0 Å². The zero-order valence-electron chi connectivity index (χ0n) is 15.7. The molecule has 0 spiro atoms. The predicted octanol–water partition coefficient (Wildman–Crippen LogP) is 4.00. The number of hydrogen-bond acceptors (Lipinski definition) is 5. The van der Waals surface area contributed by atoms with Gasteiger partial charge < -0.3 is 23.8 Å². The van der Waals surface area contributed by atoms with E-state index in [4.69, 9.17) is 18.9 Å². The Morgan fingerprint density at radius 2 is 1.69 bits per heavy atom. The van der Waals surface area contributed by atoms with Crippen molar-refractivity contribution in [3.05, 3.63) is 18.2 Å². The summed E-state index contributed by atoms with van der Waals surface area (Å²) in [6.07, 6.45) is 11.1. The zero-order chi connectivity index (χ0) is 17.6. The van der Waals surface area contributed by atoms with E-state index in [2.05, 4.69) is 4.90 Å². The molecule has 1 saturated carbocycles. The molecular weight excluding hydrogens is 330 g/mol. The molecule has 0 radical (unpaired) electrons. The molecular formula is C21H31NO4. The van der Waals surface area contributed by atoms with Crippen molar-refractivity contribution in [2.24, 2.45) is 0 Å². The van der Waals surface area contributed by atoms with E-state index in [1.165, 1.54) is 44.9 Å². The highest BCUT2D eigenvalue weighted by atomic mass is 16.7. The minimum absolute atomic E-state index is 0.305. The molecule has 26 heavy (non-hydrogen) atoms. The summed E-state index contributed by atoms with van der Waals surface area (Å²) < 4.78 is 22.9. The molecule has 144 valence electrons. The van der Waals surface area contributed by atoms with E-state index >= 15 is 0 Å². The molecule has 1 aromatic rings. The number of rotatable bonds is 7. The number of ether oxygens (including phenoxy) is 4. The maximum absolute atomic E-state index is 6.33. The Bertz CT molecular complexity index is 565. The van der Waals surface area contributed by atoms with Crippen LogP contribution in [0.1, 0.15) is 51.4 Å². The monoisotopic (exact) mass is 361 g/mol. The van der Waals surface area contributed by atoms with E-state index in [-0.39, 0.29) is 0 Å². The van der Waals surface area contributed by atoms with Gasteiger partial charge in [0.2, 0.25) is 6.79 Å². The van der Waals surface area contributed by atoms with Crippen LogP contribution < -0.4 is 14.2 Å². The molecule has 0 N–H and O–H groups in total. The van der Waals surface area contributed by atoms with E-state index in [1.807, 2.05) is 18.2 Å². The van der Waals surface area contributed by atoms with Crippen molar-refractivity contribution in [3.63, 3.8) is 0 Å². The van der Waals surface area contributed by atoms with Crippen LogP contribution in [-0.4, -0.2) is 50.1 Å². The van der Waals surface area contributed by atoms with Gasteiger partial charge >= 0.3 is 0 Å². The minimum atomic E-state index is 0.305. The van der Waals surface area contributed by atoms with Gasteiger partial charge in [-0.05, 0) is 44.2 Å². The molecule has 0 unspecified atom stereocenters. The summed E-state index contributed by atoms with van der Waals surface area (Å²) in [5.74, 6) is 2.44. The molecule has 1 saturated heterocycles. The molecule has 0 aromatic heterocycles. The van der Waals surface area contributed by atoms with E-state index in [0.717, 1.165) is 49.9 Å². The topological polar surface area (TPSA) is 40.2 Å². The first-order chi connectivity index (χ1) is 12.9. The Kier molecular flexibility index (Phi) is 6.18. The van der Waals surface area contributed by atoms with Crippen molar-refractivity contribution in [1.29, 1.82) is 0 Å². The minimum Gasteiger partial charge on any atom is -0.493 e. The van der Waals surface area contributed by atoms with Crippen LogP contribution in [0.3, 0.4) is 0 Å². The highest BCUT2D eigenvalue weighted by molar-refractivity contribution is 5.46. The van der Waals surface area contributed by atoms with Gasteiger partial charge in [0, 0.05) is 25.7 Å². The number of fused-ring (bicyclic) bond motifs is 1. The highest BCUT2D eigenvalue weighted by Crippen LogP contribution is 2.35. The maximum Gasteiger partial charge on any atom is 0.231 e. The Morgan fingerprint density at radius 3 is 2.54 bits per heavy atom. The van der Waals surface area contributed by atoms with Gasteiger partial charge in [-0.15, -0.1) is 0 Å². The Hall–Kier alpha value is -1.46. The molecule has 2 fully saturated rings. The van der Waals surface area contributed by atoms with Gasteiger partial charge in [0.1, 0.15) is 5.75 Å². The number of likely N-dealkylation sites (tertiary alicyclic amines) is 1. The molecule has 2 heterocycles. The van der Waals surface area contributed by atoms with Gasteiger partial charge in [-0.25, -0.2) is 0 Å². The first-order valence-corrected chi connectivity index (χ1v) is 10.3. The third kappa shape index (κ3) is 4.83. The van der Waals surface area contributed by atoms with Gasteiger partial charge in [-0.2, -0.15) is 0 Å². The van der Waals surface area contributed by atoms with Crippen LogP contribution in [0, 0.1) is 0 Å². The standard InChI is InChI=1S/C21H31NO4/c1-2-5-17(6-3-1)26-18-9-12-22(13-10-18)11-4-14-23-19-7-8-20-21(15-19)25-16-24-20/h7-8,15,17-18H,1-6,9-14,16H2. The quantitative estimate of drug-likeness (QED) is 0.687. The van der Waals surface area contributed by atoms with Crippen LogP contribution in [-0.2, 0) is 4.74 Å². The predicted molar refractivity (Wildman–Crippen MR) is 100 cm³/mol. The molecule has 3 aliphatic rings. The lowest BCUT2D eigenvalue weighted by Crippen LogP contribution is -2.39. The van der Waals surface area contributed by atoms with Crippen LogP contribution in [0.2, 0.25) is 0 Å². The average Bonchev–Trinajstić information content (AvgIpc) is 3.15. The first-order valence-electron chi connectivity index (χ1n) is 10.3. The van der Waals surface area contributed by atoms with Crippen LogP contribution in [0.15, 0.2) is 18.2 Å². The van der Waals surface area contributed by atoms with E-state index in [9.17, 15) is 0 Å². The lowest BCUT2D eigenvalue weighted by molar-refractivity contribution is -0.0559. The molecule has 5 nitrogen and oxygen atoms in total. The summed E-state index contributed by atoms with van der Waals surface area (Å²) in [7, 11) is 0. The number of benzene rings is 1. The van der Waals surface area contributed by atoms with Crippen molar-refractivity contribution in [2.75, 3.05) is 33.0 Å². The van der Waals surface area contributed by atoms with Gasteiger partial charge in [0.15, 0.2) is 11.5 Å². The third-order valence-electron chi connectivity index (χ3n) is 5.70. The molecule has 2 aliphatic heterocycles. The Labute approximate surface area is 156 Å². The number of hydrogen-bond donors (Lipinski definition) is 0. The summed E-state index contributed by atoms with van der Waals surface area (Å²) in [6, 6.07) is 5.77. The number of piperidine rings is 1. The molecule has 1 aliphatic carbocycles. The van der Waals surface area contributed by atoms with Crippen molar-refractivity contribution in [1.82, 2.24) is 4.90 Å². The lowest BCUT2D eigenvalue weighted by atomic mass is 9.97.